The molecule has 0 bridgehead atoms. The summed E-state index contributed by atoms with van der Waals surface area (Å²) in [5, 5.41) is 0. The predicted molar refractivity (Wildman–Crippen MR) is 98.9 cm³/mol. The maximum absolute atomic E-state index is 5.70. The Morgan fingerprint density at radius 3 is 2.43 bits per heavy atom. The summed E-state index contributed by atoms with van der Waals surface area (Å²) < 4.78 is 8.55. The number of nitrogens with zero attached hydrogens (tertiary/aromatic N) is 1. The summed E-state index contributed by atoms with van der Waals surface area (Å²) in [6.07, 6.45) is 3.50. The third-order valence-corrected chi connectivity index (χ3v) is 4.14. The topological polar surface area (TPSA) is 21.6 Å². The first kappa shape index (κ1) is 16.5. The van der Waals surface area contributed by atoms with E-state index in [9.17, 15) is 0 Å². The second-order valence-corrected chi connectivity index (χ2v) is 6.83. The van der Waals surface area contributed by atoms with Crippen molar-refractivity contribution in [3.8, 4) is 5.75 Å². The molecule has 2 rings (SSSR count). The van der Waals surface area contributed by atoms with Crippen LogP contribution in [0, 0.1) is 0 Å². The number of hydrogen-bond donors (Lipinski definition) is 0. The molecule has 0 fully saturated rings. The lowest BCUT2D eigenvalue weighted by Crippen LogP contribution is -1.98. The number of ether oxygens (including phenoxy) is 1. The highest BCUT2D eigenvalue weighted by Crippen LogP contribution is 2.32. The molecule has 0 unspecified atom stereocenters. The second-order valence-electron chi connectivity index (χ2n) is 4.14. The van der Waals surface area contributed by atoms with Crippen molar-refractivity contribution in [2.24, 2.45) is 4.99 Å². The summed E-state index contributed by atoms with van der Waals surface area (Å²) >= 11 is 10.4. The van der Waals surface area contributed by atoms with E-state index in [0.717, 1.165) is 30.4 Å². The van der Waals surface area contributed by atoms with Gasteiger partial charge in [-0.2, -0.15) is 0 Å². The zero-order valence-electron chi connectivity index (χ0n) is 11.0. The van der Waals surface area contributed by atoms with Gasteiger partial charge in [0.1, 0.15) is 12.4 Å². The van der Waals surface area contributed by atoms with Crippen molar-refractivity contribution < 1.29 is 4.74 Å². The Morgan fingerprint density at radius 1 is 1.05 bits per heavy atom. The number of rotatable bonds is 5. The molecule has 0 atom stereocenters. The van der Waals surface area contributed by atoms with Gasteiger partial charge in [-0.25, -0.2) is 0 Å². The molecule has 0 radical (unpaired) electrons. The standard InChI is InChI=1S/C16H12Br3NO/c1-2-7-21-16-11(8-13(18)9-15(16)19)10-20-14-5-3-12(17)4-6-14/h2-6,8-10H,1,7H2. The Hall–Kier alpha value is -0.910. The normalized spacial score (nSPS) is 10.8. The van der Waals surface area contributed by atoms with Crippen molar-refractivity contribution in [1.82, 2.24) is 0 Å². The first-order valence-electron chi connectivity index (χ1n) is 6.12. The summed E-state index contributed by atoms with van der Waals surface area (Å²) in [5.41, 5.74) is 1.77. The van der Waals surface area contributed by atoms with Crippen LogP contribution in [0.3, 0.4) is 0 Å². The minimum atomic E-state index is 0.444. The van der Waals surface area contributed by atoms with Gasteiger partial charge in [-0.3, -0.25) is 4.99 Å². The number of hydrogen-bond acceptors (Lipinski definition) is 2. The van der Waals surface area contributed by atoms with E-state index in [1.165, 1.54) is 0 Å². The van der Waals surface area contributed by atoms with Crippen LogP contribution in [0.2, 0.25) is 0 Å². The molecule has 2 nitrogen and oxygen atoms in total. The first-order chi connectivity index (χ1) is 10.1. The average molecular weight is 474 g/mol. The first-order valence-corrected chi connectivity index (χ1v) is 8.50. The van der Waals surface area contributed by atoms with Crippen molar-refractivity contribution in [2.45, 2.75) is 0 Å². The van der Waals surface area contributed by atoms with E-state index in [1.54, 1.807) is 12.3 Å². The summed E-state index contributed by atoms with van der Waals surface area (Å²) in [7, 11) is 0. The van der Waals surface area contributed by atoms with Crippen LogP contribution in [-0.4, -0.2) is 12.8 Å². The van der Waals surface area contributed by atoms with Gasteiger partial charge in [0, 0.05) is 20.7 Å². The Balaban J connectivity index is 2.33. The lowest BCUT2D eigenvalue weighted by Gasteiger charge is -2.10. The molecule has 0 N–H and O–H groups in total. The highest BCUT2D eigenvalue weighted by molar-refractivity contribution is 9.11. The molecule has 0 aromatic heterocycles. The van der Waals surface area contributed by atoms with Crippen LogP contribution in [0.5, 0.6) is 5.75 Å². The molecule has 0 aliphatic heterocycles. The van der Waals surface area contributed by atoms with E-state index in [2.05, 4.69) is 59.4 Å². The van der Waals surface area contributed by atoms with Gasteiger partial charge in [0.2, 0.25) is 0 Å². The van der Waals surface area contributed by atoms with Crippen LogP contribution in [0.4, 0.5) is 5.69 Å². The zero-order chi connectivity index (χ0) is 15.2. The highest BCUT2D eigenvalue weighted by Gasteiger charge is 2.08. The molecule has 0 aliphatic rings. The molecular formula is C16H12Br3NO. The molecule has 0 heterocycles. The van der Waals surface area contributed by atoms with Crippen LogP contribution < -0.4 is 4.74 Å². The number of halogens is 3. The summed E-state index contributed by atoms with van der Waals surface area (Å²) in [6.45, 7) is 4.11. The van der Waals surface area contributed by atoms with E-state index in [-0.39, 0.29) is 0 Å². The van der Waals surface area contributed by atoms with Crippen LogP contribution in [0.1, 0.15) is 5.56 Å². The molecular weight excluding hydrogens is 462 g/mol. The van der Waals surface area contributed by atoms with Gasteiger partial charge in [0.05, 0.1) is 10.2 Å². The third-order valence-electron chi connectivity index (χ3n) is 2.56. The van der Waals surface area contributed by atoms with Gasteiger partial charge >= 0.3 is 0 Å². The molecule has 0 aliphatic carbocycles. The molecule has 108 valence electrons. The SMILES string of the molecule is C=CCOc1c(Br)cc(Br)cc1C=Nc1ccc(Br)cc1. The molecule has 0 saturated carbocycles. The second kappa shape index (κ2) is 7.92. The smallest absolute Gasteiger partial charge is 0.142 e. The van der Waals surface area contributed by atoms with E-state index < -0.39 is 0 Å². The number of aliphatic imine (C=N–C) groups is 1. The lowest BCUT2D eigenvalue weighted by atomic mass is 10.2. The van der Waals surface area contributed by atoms with Crippen molar-refractivity contribution in [3.63, 3.8) is 0 Å². The fraction of sp³-hybridized carbons (Fsp3) is 0.0625. The van der Waals surface area contributed by atoms with E-state index in [0.29, 0.717) is 6.61 Å². The van der Waals surface area contributed by atoms with Crippen LogP contribution in [0.25, 0.3) is 0 Å². The number of benzene rings is 2. The van der Waals surface area contributed by atoms with Crippen LogP contribution in [-0.2, 0) is 0 Å². The van der Waals surface area contributed by atoms with Crippen molar-refractivity contribution in [2.75, 3.05) is 6.61 Å². The fourth-order valence-corrected chi connectivity index (χ4v) is 3.28. The average Bonchev–Trinajstić information content (AvgIpc) is 2.45. The molecule has 2 aromatic carbocycles. The van der Waals surface area contributed by atoms with E-state index >= 15 is 0 Å². The van der Waals surface area contributed by atoms with E-state index in [1.807, 2.05) is 36.4 Å². The minimum Gasteiger partial charge on any atom is -0.488 e. The Morgan fingerprint density at radius 2 is 1.76 bits per heavy atom. The predicted octanol–water partition coefficient (Wildman–Crippen LogP) is 6.29. The Labute approximate surface area is 149 Å². The van der Waals surface area contributed by atoms with E-state index in [4.69, 9.17) is 4.74 Å². The summed E-state index contributed by atoms with van der Waals surface area (Å²) in [4.78, 5) is 4.48. The molecule has 21 heavy (non-hydrogen) atoms. The Bertz CT molecular complexity index is 666. The highest BCUT2D eigenvalue weighted by atomic mass is 79.9. The minimum absolute atomic E-state index is 0.444. The maximum atomic E-state index is 5.70. The van der Waals surface area contributed by atoms with Gasteiger partial charge in [-0.1, -0.05) is 44.5 Å². The quantitative estimate of drug-likeness (QED) is 0.369. The zero-order valence-corrected chi connectivity index (χ0v) is 15.8. The summed E-state index contributed by atoms with van der Waals surface area (Å²) in [6, 6.07) is 11.7. The van der Waals surface area contributed by atoms with Gasteiger partial charge in [-0.05, 0) is 52.3 Å². The maximum Gasteiger partial charge on any atom is 0.142 e. The Kier molecular flexibility index (Phi) is 6.21. The van der Waals surface area contributed by atoms with Gasteiger partial charge in [0.15, 0.2) is 0 Å². The molecule has 2 aromatic rings. The van der Waals surface area contributed by atoms with Gasteiger partial charge in [0.25, 0.3) is 0 Å². The van der Waals surface area contributed by atoms with Crippen molar-refractivity contribution in [1.29, 1.82) is 0 Å². The molecule has 0 amide bonds. The van der Waals surface area contributed by atoms with Crippen LogP contribution in [0.15, 0.2) is 67.5 Å². The van der Waals surface area contributed by atoms with Crippen LogP contribution >= 0.6 is 47.8 Å². The lowest BCUT2D eigenvalue weighted by molar-refractivity contribution is 0.360. The van der Waals surface area contributed by atoms with Crippen molar-refractivity contribution >= 4 is 59.7 Å². The largest absolute Gasteiger partial charge is 0.488 e. The summed E-state index contributed by atoms with van der Waals surface area (Å²) in [5.74, 6) is 0.749. The third kappa shape index (κ3) is 4.80. The van der Waals surface area contributed by atoms with Gasteiger partial charge < -0.3 is 4.74 Å². The fourth-order valence-electron chi connectivity index (χ4n) is 1.64. The van der Waals surface area contributed by atoms with Crippen molar-refractivity contribution in [3.05, 3.63) is 68.0 Å². The monoisotopic (exact) mass is 471 g/mol. The van der Waals surface area contributed by atoms with Gasteiger partial charge in [-0.15, -0.1) is 0 Å². The molecule has 0 spiro atoms. The molecule has 0 saturated heterocycles. The molecule has 5 heteroatoms.